The smallest absolute Gasteiger partial charge is 0.329 e. The first kappa shape index (κ1) is 24.9. The van der Waals surface area contributed by atoms with Gasteiger partial charge in [0.05, 0.1) is 6.21 Å². The van der Waals surface area contributed by atoms with E-state index in [-0.39, 0.29) is 13.2 Å². The van der Waals surface area contributed by atoms with E-state index in [9.17, 15) is 9.59 Å². The first-order chi connectivity index (χ1) is 15.8. The Morgan fingerprint density at radius 2 is 1.55 bits per heavy atom. The fourth-order valence-electron chi connectivity index (χ4n) is 2.65. The number of ether oxygens (including phenoxy) is 1. The van der Waals surface area contributed by atoms with E-state index in [0.717, 1.165) is 5.56 Å². The molecule has 0 aliphatic rings. The number of carbonyl (C=O) groups is 2. The summed E-state index contributed by atoms with van der Waals surface area (Å²) < 4.78 is 5.82. The van der Waals surface area contributed by atoms with Crippen LogP contribution >= 0.6 is 46.4 Å². The van der Waals surface area contributed by atoms with Crippen molar-refractivity contribution >= 4 is 64.4 Å². The fraction of sp³-hybridized carbons (Fsp3) is 0.0870. The molecule has 33 heavy (non-hydrogen) atoms. The van der Waals surface area contributed by atoms with E-state index in [1.807, 2.05) is 0 Å². The van der Waals surface area contributed by atoms with Gasteiger partial charge in [-0.05, 0) is 48.0 Å². The van der Waals surface area contributed by atoms with Crippen LogP contribution in [0.5, 0.6) is 5.75 Å². The van der Waals surface area contributed by atoms with Gasteiger partial charge in [-0.25, -0.2) is 5.43 Å². The molecule has 0 saturated carbocycles. The highest BCUT2D eigenvalue weighted by Gasteiger charge is 2.13. The zero-order chi connectivity index (χ0) is 23.8. The zero-order valence-electron chi connectivity index (χ0n) is 16.9. The average molecular weight is 525 g/mol. The number of rotatable bonds is 7. The van der Waals surface area contributed by atoms with Gasteiger partial charge in [-0.2, -0.15) is 5.10 Å². The minimum absolute atomic E-state index is 0.112. The third kappa shape index (κ3) is 7.37. The lowest BCUT2D eigenvalue weighted by Gasteiger charge is -2.12. The first-order valence-electron chi connectivity index (χ1n) is 9.54. The van der Waals surface area contributed by atoms with Gasteiger partial charge in [-0.15, -0.1) is 0 Å². The largest absolute Gasteiger partial charge is 0.488 e. The molecule has 0 spiro atoms. The summed E-state index contributed by atoms with van der Waals surface area (Å²) in [6.07, 6.45) is 1.32. The van der Waals surface area contributed by atoms with Gasteiger partial charge in [0.25, 0.3) is 0 Å². The molecule has 6 nitrogen and oxygen atoms in total. The van der Waals surface area contributed by atoms with E-state index in [1.54, 1.807) is 60.7 Å². The summed E-state index contributed by atoms with van der Waals surface area (Å²) in [6, 6.07) is 16.9. The van der Waals surface area contributed by atoms with Crippen molar-refractivity contribution in [3.05, 3.63) is 97.4 Å². The predicted octanol–water partition coefficient (Wildman–Crippen LogP) is 5.65. The Morgan fingerprint density at radius 1 is 0.879 bits per heavy atom. The number of hydrogen-bond donors (Lipinski definition) is 2. The van der Waals surface area contributed by atoms with Crippen molar-refractivity contribution in [2.45, 2.75) is 13.2 Å². The molecular formula is C23H17Cl4N3O3. The van der Waals surface area contributed by atoms with Crippen LogP contribution in [-0.2, 0) is 22.7 Å². The molecule has 0 bridgehead atoms. The normalized spacial score (nSPS) is 10.8. The van der Waals surface area contributed by atoms with Crippen LogP contribution in [0.2, 0.25) is 20.1 Å². The van der Waals surface area contributed by atoms with Crippen molar-refractivity contribution in [2.24, 2.45) is 5.10 Å². The molecule has 0 fully saturated rings. The Morgan fingerprint density at radius 3 is 2.24 bits per heavy atom. The van der Waals surface area contributed by atoms with Crippen LogP contribution in [0.4, 0.5) is 0 Å². The molecule has 3 rings (SSSR count). The molecule has 0 saturated heterocycles. The molecule has 0 heterocycles. The number of nitrogens with zero attached hydrogens (tertiary/aromatic N) is 1. The Labute approximate surface area is 210 Å². The van der Waals surface area contributed by atoms with Crippen molar-refractivity contribution in [2.75, 3.05) is 0 Å². The SMILES string of the molecule is O=C(NCc1ccc(Cl)cc1)C(=O)N/N=C\c1cc(Cl)ccc1OCc1c(Cl)cccc1Cl. The van der Waals surface area contributed by atoms with Gasteiger partial charge in [0.15, 0.2) is 0 Å². The second-order valence-corrected chi connectivity index (χ2v) is 8.37. The van der Waals surface area contributed by atoms with Gasteiger partial charge in [-0.1, -0.05) is 64.6 Å². The molecule has 0 unspecified atom stereocenters. The summed E-state index contributed by atoms with van der Waals surface area (Å²) in [4.78, 5) is 24.0. The Bertz CT molecular complexity index is 1160. The van der Waals surface area contributed by atoms with E-state index in [0.29, 0.717) is 37.0 Å². The highest BCUT2D eigenvalue weighted by Crippen LogP contribution is 2.27. The maximum atomic E-state index is 12.0. The minimum atomic E-state index is -0.924. The van der Waals surface area contributed by atoms with Crippen molar-refractivity contribution in [1.29, 1.82) is 0 Å². The number of amides is 2. The van der Waals surface area contributed by atoms with Gasteiger partial charge in [-0.3, -0.25) is 9.59 Å². The molecule has 0 aliphatic carbocycles. The predicted molar refractivity (Wildman–Crippen MR) is 131 cm³/mol. The van der Waals surface area contributed by atoms with Crippen LogP contribution in [0.15, 0.2) is 65.8 Å². The summed E-state index contributed by atoms with van der Waals surface area (Å²) in [6.45, 7) is 0.282. The number of benzene rings is 3. The van der Waals surface area contributed by atoms with Crippen LogP contribution in [-0.4, -0.2) is 18.0 Å². The van der Waals surface area contributed by atoms with Crippen LogP contribution in [0.3, 0.4) is 0 Å². The first-order valence-corrected chi connectivity index (χ1v) is 11.1. The zero-order valence-corrected chi connectivity index (χ0v) is 20.0. The summed E-state index contributed by atoms with van der Waals surface area (Å²) in [5, 5.41) is 8.29. The quantitative estimate of drug-likeness (QED) is 0.238. The molecule has 3 aromatic carbocycles. The van der Waals surface area contributed by atoms with E-state index in [2.05, 4.69) is 15.8 Å². The van der Waals surface area contributed by atoms with E-state index in [4.69, 9.17) is 51.1 Å². The molecule has 0 atom stereocenters. The Hall–Kier alpha value is -2.77. The highest BCUT2D eigenvalue weighted by atomic mass is 35.5. The maximum absolute atomic E-state index is 12.0. The molecule has 0 aromatic heterocycles. The topological polar surface area (TPSA) is 79.8 Å². The third-order valence-electron chi connectivity index (χ3n) is 4.35. The number of halogens is 4. The van der Waals surface area contributed by atoms with Crippen molar-refractivity contribution in [1.82, 2.24) is 10.7 Å². The van der Waals surface area contributed by atoms with Crippen molar-refractivity contribution in [3.63, 3.8) is 0 Å². The highest BCUT2D eigenvalue weighted by molar-refractivity contribution is 6.36. The van der Waals surface area contributed by atoms with Crippen LogP contribution in [0.1, 0.15) is 16.7 Å². The van der Waals surface area contributed by atoms with Gasteiger partial charge in [0.1, 0.15) is 12.4 Å². The molecule has 2 N–H and O–H groups in total. The average Bonchev–Trinajstić information content (AvgIpc) is 2.79. The van der Waals surface area contributed by atoms with E-state index >= 15 is 0 Å². The minimum Gasteiger partial charge on any atom is -0.488 e. The number of nitrogens with one attached hydrogen (secondary N) is 2. The molecule has 0 aliphatic heterocycles. The molecule has 0 radical (unpaired) electrons. The van der Waals surface area contributed by atoms with Gasteiger partial charge in [0.2, 0.25) is 0 Å². The lowest BCUT2D eigenvalue weighted by Crippen LogP contribution is -2.37. The summed E-state index contributed by atoms with van der Waals surface area (Å²) in [5.41, 5.74) is 4.07. The fourth-order valence-corrected chi connectivity index (χ4v) is 3.46. The second kappa shape index (κ2) is 11.9. The standard InChI is InChI=1S/C23H17Cl4N3O3/c24-16-6-4-14(5-7-16)11-28-22(31)23(32)30-29-12-15-10-17(25)8-9-21(15)33-13-18-19(26)2-1-3-20(18)27/h1-10,12H,11,13H2,(H,28,31)(H,30,32)/b29-12-. The third-order valence-corrected chi connectivity index (χ3v) is 5.54. The van der Waals surface area contributed by atoms with Gasteiger partial charge >= 0.3 is 11.8 Å². The Balaban J connectivity index is 1.59. The van der Waals surface area contributed by atoms with Crippen LogP contribution in [0.25, 0.3) is 0 Å². The molecular weight excluding hydrogens is 508 g/mol. The van der Waals surface area contributed by atoms with Gasteiger partial charge < -0.3 is 10.1 Å². The van der Waals surface area contributed by atoms with E-state index in [1.165, 1.54) is 6.21 Å². The van der Waals surface area contributed by atoms with Crippen molar-refractivity contribution < 1.29 is 14.3 Å². The lowest BCUT2D eigenvalue weighted by molar-refractivity contribution is -0.139. The Kier molecular flexibility index (Phi) is 8.97. The second-order valence-electron chi connectivity index (χ2n) is 6.68. The molecule has 3 aromatic rings. The number of hydrazone groups is 1. The lowest BCUT2D eigenvalue weighted by atomic mass is 10.2. The summed E-state index contributed by atoms with van der Waals surface area (Å²) >= 11 is 24.2. The van der Waals surface area contributed by atoms with Crippen molar-refractivity contribution in [3.8, 4) is 5.75 Å². The summed E-state index contributed by atoms with van der Waals surface area (Å²) in [5.74, 6) is -1.33. The molecule has 10 heteroatoms. The monoisotopic (exact) mass is 523 g/mol. The van der Waals surface area contributed by atoms with E-state index < -0.39 is 11.8 Å². The maximum Gasteiger partial charge on any atom is 0.329 e. The van der Waals surface area contributed by atoms with Crippen LogP contribution in [0, 0.1) is 0 Å². The number of carbonyl (C=O) groups excluding carboxylic acids is 2. The van der Waals surface area contributed by atoms with Gasteiger partial charge in [0, 0.05) is 37.8 Å². The van der Waals surface area contributed by atoms with Crippen LogP contribution < -0.4 is 15.5 Å². The summed E-state index contributed by atoms with van der Waals surface area (Å²) in [7, 11) is 0. The number of hydrogen-bond acceptors (Lipinski definition) is 4. The molecule has 170 valence electrons. The molecule has 2 amide bonds.